The monoisotopic (exact) mass is 582 g/mol. The molecule has 2 heterocycles. The number of piperidine rings is 2. The van der Waals surface area contributed by atoms with Crippen molar-refractivity contribution in [3.63, 3.8) is 0 Å². The Morgan fingerprint density at radius 2 is 0.976 bits per heavy atom. The van der Waals surface area contributed by atoms with Crippen LogP contribution >= 0.6 is 0 Å². The lowest BCUT2D eigenvalue weighted by Gasteiger charge is -2.53. The van der Waals surface area contributed by atoms with Gasteiger partial charge in [0.05, 0.1) is 0 Å². The number of likely N-dealkylation sites (tertiary alicyclic amines) is 2. The Kier molecular flexibility index (Phi) is 10.7. The van der Waals surface area contributed by atoms with Crippen LogP contribution in [0.1, 0.15) is 154 Å². The lowest BCUT2D eigenvalue weighted by molar-refractivity contribution is -0.0272. The maximum atomic E-state index is 13.3. The van der Waals surface area contributed by atoms with E-state index < -0.39 is 0 Å². The number of nitrogens with zero attached hydrogens (tertiary/aromatic N) is 2. The van der Waals surface area contributed by atoms with E-state index in [-0.39, 0.29) is 39.4 Å². The molecule has 2 amide bonds. The van der Waals surface area contributed by atoms with Gasteiger partial charge >= 0.3 is 0 Å². The van der Waals surface area contributed by atoms with Gasteiger partial charge in [0.2, 0.25) is 0 Å². The first kappa shape index (κ1) is 34.6. The summed E-state index contributed by atoms with van der Waals surface area (Å²) < 4.78 is 0. The summed E-state index contributed by atoms with van der Waals surface area (Å²) in [6.45, 7) is 28.2. The van der Waals surface area contributed by atoms with Crippen LogP contribution < -0.4 is 10.6 Å². The molecule has 238 valence electrons. The van der Waals surface area contributed by atoms with Gasteiger partial charge in [0.15, 0.2) is 0 Å². The Labute approximate surface area is 257 Å². The molecule has 2 saturated heterocycles. The molecule has 2 fully saturated rings. The molecule has 0 saturated carbocycles. The van der Waals surface area contributed by atoms with Crippen LogP contribution in [0.15, 0.2) is 18.2 Å². The number of nitrogens with one attached hydrogen (secondary N) is 2. The van der Waals surface area contributed by atoms with Crippen LogP contribution in [0, 0.1) is 0 Å². The molecular weight excluding hydrogens is 520 g/mol. The Morgan fingerprint density at radius 1 is 0.643 bits per heavy atom. The quantitative estimate of drug-likeness (QED) is 0.284. The van der Waals surface area contributed by atoms with Gasteiger partial charge in [-0.2, -0.15) is 0 Å². The minimum absolute atomic E-state index is 0.109. The third-order valence-electron chi connectivity index (χ3n) is 10.1. The second-order valence-corrected chi connectivity index (χ2v) is 16.5. The Morgan fingerprint density at radius 3 is 1.29 bits per heavy atom. The molecule has 0 radical (unpaired) electrons. The SMILES string of the molecule is CC(C)(C)c1cc(C(=O)NCCCN2C(C)(C)CCCC2(C)C)cc(C(=O)NCCCN2C(C)(C)CCCC2(C)C)c1. The largest absolute Gasteiger partial charge is 0.352 e. The van der Waals surface area contributed by atoms with E-state index in [4.69, 9.17) is 0 Å². The van der Waals surface area contributed by atoms with E-state index in [1.165, 1.54) is 38.5 Å². The number of hydrogen-bond donors (Lipinski definition) is 2. The third kappa shape index (κ3) is 8.59. The molecule has 2 N–H and O–H groups in total. The van der Waals surface area contributed by atoms with Crippen molar-refractivity contribution in [1.29, 1.82) is 0 Å². The number of rotatable bonds is 10. The molecule has 0 aliphatic carbocycles. The second-order valence-electron chi connectivity index (χ2n) is 16.5. The summed E-state index contributed by atoms with van der Waals surface area (Å²) in [5.74, 6) is -0.219. The first-order chi connectivity index (χ1) is 19.3. The Hall–Kier alpha value is -1.92. The molecule has 0 aromatic heterocycles. The normalized spacial score (nSPS) is 22.0. The highest BCUT2D eigenvalue weighted by molar-refractivity contribution is 6.00. The van der Waals surface area contributed by atoms with Crippen molar-refractivity contribution >= 4 is 11.8 Å². The van der Waals surface area contributed by atoms with Crippen LogP contribution in [-0.4, -0.2) is 69.9 Å². The molecule has 1 aromatic carbocycles. The van der Waals surface area contributed by atoms with Gasteiger partial charge in [0, 0.05) is 59.5 Å². The van der Waals surface area contributed by atoms with Crippen LogP contribution in [-0.2, 0) is 5.41 Å². The highest BCUT2D eigenvalue weighted by atomic mass is 16.2. The minimum Gasteiger partial charge on any atom is -0.352 e. The van der Waals surface area contributed by atoms with Crippen molar-refractivity contribution < 1.29 is 9.59 Å². The summed E-state index contributed by atoms with van der Waals surface area (Å²) in [4.78, 5) is 31.8. The van der Waals surface area contributed by atoms with Gasteiger partial charge < -0.3 is 10.6 Å². The van der Waals surface area contributed by atoms with Crippen LogP contribution in [0.2, 0.25) is 0 Å². The molecule has 1 aromatic rings. The van der Waals surface area contributed by atoms with Crippen molar-refractivity contribution in [3.05, 3.63) is 34.9 Å². The van der Waals surface area contributed by atoms with Gasteiger partial charge in [0.25, 0.3) is 11.8 Å². The first-order valence-electron chi connectivity index (χ1n) is 16.5. The lowest BCUT2D eigenvalue weighted by atomic mass is 9.79. The fourth-order valence-corrected chi connectivity index (χ4v) is 7.70. The highest BCUT2D eigenvalue weighted by Crippen LogP contribution is 2.39. The van der Waals surface area contributed by atoms with E-state index in [1.54, 1.807) is 6.07 Å². The molecule has 2 aliphatic rings. The smallest absolute Gasteiger partial charge is 0.251 e. The summed E-state index contributed by atoms with van der Waals surface area (Å²) in [6.07, 6.45) is 9.17. The van der Waals surface area contributed by atoms with Crippen LogP contribution in [0.25, 0.3) is 0 Å². The van der Waals surface area contributed by atoms with E-state index >= 15 is 0 Å². The zero-order chi connectivity index (χ0) is 31.6. The van der Waals surface area contributed by atoms with E-state index in [9.17, 15) is 9.59 Å². The number of amides is 2. The number of hydrogen-bond acceptors (Lipinski definition) is 4. The number of carbonyl (C=O) groups excluding carboxylic acids is 2. The number of carbonyl (C=O) groups is 2. The maximum absolute atomic E-state index is 13.3. The van der Waals surface area contributed by atoms with E-state index in [0.29, 0.717) is 24.2 Å². The van der Waals surface area contributed by atoms with Crippen LogP contribution in [0.5, 0.6) is 0 Å². The molecule has 2 aliphatic heterocycles. The van der Waals surface area contributed by atoms with Crippen molar-refractivity contribution in [3.8, 4) is 0 Å². The molecule has 0 unspecified atom stereocenters. The van der Waals surface area contributed by atoms with Crippen molar-refractivity contribution in [2.75, 3.05) is 26.2 Å². The van der Waals surface area contributed by atoms with Crippen molar-refractivity contribution in [2.24, 2.45) is 0 Å². The second kappa shape index (κ2) is 13.0. The number of benzene rings is 1. The standard InChI is InChI=1S/C36H62N4O2/c1-32(2,3)29-25-27(30(41)37-20-14-22-39-33(4,5)16-12-17-34(39,6)7)24-28(26-29)31(42)38-21-15-23-40-35(8,9)18-13-19-36(40,10)11/h24-26H,12-23H2,1-11H3,(H,37,41)(H,38,42). The van der Waals surface area contributed by atoms with Crippen LogP contribution in [0.3, 0.4) is 0 Å². The fraction of sp³-hybridized carbons (Fsp3) is 0.778. The molecule has 6 nitrogen and oxygen atoms in total. The predicted molar refractivity (Wildman–Crippen MR) is 176 cm³/mol. The zero-order valence-corrected chi connectivity index (χ0v) is 28.9. The zero-order valence-electron chi connectivity index (χ0n) is 28.9. The molecule has 0 bridgehead atoms. The lowest BCUT2D eigenvalue weighted by Crippen LogP contribution is -2.58. The van der Waals surface area contributed by atoms with Gasteiger partial charge in [-0.1, -0.05) is 20.8 Å². The van der Waals surface area contributed by atoms with Crippen LogP contribution in [0.4, 0.5) is 0 Å². The molecule has 6 heteroatoms. The molecule has 3 rings (SSSR count). The van der Waals surface area contributed by atoms with Gasteiger partial charge in [-0.3, -0.25) is 19.4 Å². The Bertz CT molecular complexity index is 988. The molecule has 42 heavy (non-hydrogen) atoms. The summed E-state index contributed by atoms with van der Waals surface area (Å²) in [5, 5.41) is 6.28. The van der Waals surface area contributed by atoms with E-state index in [0.717, 1.165) is 31.5 Å². The van der Waals surface area contributed by atoms with Gasteiger partial charge in [-0.25, -0.2) is 0 Å². The molecular formula is C36H62N4O2. The van der Waals surface area contributed by atoms with Crippen molar-refractivity contribution in [2.45, 2.75) is 155 Å². The molecule has 0 atom stereocenters. The van der Waals surface area contributed by atoms with E-state index in [1.807, 2.05) is 12.1 Å². The predicted octanol–water partition coefficient (Wildman–Crippen LogP) is 7.31. The summed E-state index contributed by atoms with van der Waals surface area (Å²) in [7, 11) is 0. The third-order valence-corrected chi connectivity index (χ3v) is 10.1. The summed E-state index contributed by atoms with van der Waals surface area (Å²) in [6, 6.07) is 5.65. The van der Waals surface area contributed by atoms with Crippen molar-refractivity contribution in [1.82, 2.24) is 20.4 Å². The molecule has 0 spiro atoms. The fourth-order valence-electron chi connectivity index (χ4n) is 7.70. The van der Waals surface area contributed by atoms with E-state index in [2.05, 4.69) is 96.6 Å². The maximum Gasteiger partial charge on any atom is 0.251 e. The minimum atomic E-state index is -0.178. The first-order valence-corrected chi connectivity index (χ1v) is 16.5. The average Bonchev–Trinajstić information content (AvgIpc) is 2.84. The van der Waals surface area contributed by atoms with Gasteiger partial charge in [-0.05, 0) is 136 Å². The summed E-state index contributed by atoms with van der Waals surface area (Å²) >= 11 is 0. The van der Waals surface area contributed by atoms with Gasteiger partial charge in [-0.15, -0.1) is 0 Å². The average molecular weight is 583 g/mol. The van der Waals surface area contributed by atoms with Gasteiger partial charge in [0.1, 0.15) is 0 Å². The Balaban J connectivity index is 1.60. The highest BCUT2D eigenvalue weighted by Gasteiger charge is 2.41. The summed E-state index contributed by atoms with van der Waals surface area (Å²) in [5.41, 5.74) is 2.64. The topological polar surface area (TPSA) is 64.7 Å².